The monoisotopic (exact) mass is 257 g/mol. The lowest BCUT2D eigenvalue weighted by Crippen LogP contribution is -2.30. The Bertz CT molecular complexity index is 411. The summed E-state index contributed by atoms with van der Waals surface area (Å²) in [5.74, 6) is -0.118. The van der Waals surface area contributed by atoms with E-state index in [1.165, 1.54) is 0 Å². The number of nitrogens with one attached hydrogen (secondary N) is 1. The molecule has 17 heavy (non-hydrogen) atoms. The van der Waals surface area contributed by atoms with E-state index in [4.69, 9.17) is 16.3 Å². The molecule has 0 spiro atoms. The molecule has 0 aliphatic carbocycles. The predicted molar refractivity (Wildman–Crippen MR) is 67.2 cm³/mol. The van der Waals surface area contributed by atoms with Crippen molar-refractivity contribution >= 4 is 11.6 Å². The maximum Gasteiger partial charge on any atom is 0.183 e. The third kappa shape index (κ3) is 2.26. The Balaban J connectivity index is 2.35. The minimum absolute atomic E-state index is 0.00270. The summed E-state index contributed by atoms with van der Waals surface area (Å²) in [5, 5.41) is 3.47. The third-order valence-electron chi connectivity index (χ3n) is 3.05. The average molecular weight is 258 g/mol. The summed E-state index contributed by atoms with van der Waals surface area (Å²) in [5.41, 5.74) is 0.882. The lowest BCUT2D eigenvalue weighted by Gasteiger charge is -2.18. The average Bonchev–Trinajstić information content (AvgIpc) is 2.65. The van der Waals surface area contributed by atoms with E-state index in [0.717, 1.165) is 24.9 Å². The number of hydrogen-bond acceptors (Lipinski definition) is 2. The van der Waals surface area contributed by atoms with Crippen molar-refractivity contribution in [1.82, 2.24) is 5.32 Å². The number of fused-ring (bicyclic) bond motifs is 1. The highest BCUT2D eigenvalue weighted by Crippen LogP contribution is 2.42. The molecule has 0 radical (unpaired) electrons. The first-order chi connectivity index (χ1) is 8.19. The molecule has 1 heterocycles. The summed E-state index contributed by atoms with van der Waals surface area (Å²) in [6.45, 7) is 4.96. The van der Waals surface area contributed by atoms with E-state index in [1.807, 2.05) is 13.0 Å². The summed E-state index contributed by atoms with van der Waals surface area (Å²) in [7, 11) is 0. The van der Waals surface area contributed by atoms with Crippen LogP contribution in [0.1, 0.15) is 38.3 Å². The highest BCUT2D eigenvalue weighted by Gasteiger charge is 2.35. The Labute approximate surface area is 106 Å². The van der Waals surface area contributed by atoms with Gasteiger partial charge in [-0.25, -0.2) is 4.39 Å². The lowest BCUT2D eigenvalue weighted by atomic mass is 10.0. The first-order valence-corrected chi connectivity index (χ1v) is 6.44. The van der Waals surface area contributed by atoms with Gasteiger partial charge in [0, 0.05) is 5.56 Å². The largest absolute Gasteiger partial charge is 0.485 e. The summed E-state index contributed by atoms with van der Waals surface area (Å²) in [6, 6.07) is 3.52. The molecule has 0 amide bonds. The van der Waals surface area contributed by atoms with Crippen molar-refractivity contribution in [2.24, 2.45) is 0 Å². The molecular formula is C13H17ClFNO. The van der Waals surface area contributed by atoms with Crippen molar-refractivity contribution < 1.29 is 9.13 Å². The molecule has 2 nitrogen and oxygen atoms in total. The molecule has 4 heteroatoms. The van der Waals surface area contributed by atoms with Gasteiger partial charge in [-0.1, -0.05) is 37.9 Å². The standard InChI is InChI=1S/C13H17ClFNO/c1-3-5-10-12(16-4-2)8-6-7-9(14)11(15)13(8)17-10/h6-7,10,12,16H,3-5H2,1-2H3. The number of halogens is 2. The van der Waals surface area contributed by atoms with Crippen molar-refractivity contribution in [3.8, 4) is 5.75 Å². The second-order valence-corrected chi connectivity index (χ2v) is 4.67. The van der Waals surface area contributed by atoms with E-state index >= 15 is 0 Å². The number of likely N-dealkylation sites (N-methyl/N-ethyl adjacent to an activating group) is 1. The zero-order chi connectivity index (χ0) is 12.4. The van der Waals surface area contributed by atoms with Gasteiger partial charge in [0.05, 0.1) is 11.1 Å². The molecule has 2 rings (SSSR count). The van der Waals surface area contributed by atoms with Gasteiger partial charge in [-0.15, -0.1) is 0 Å². The van der Waals surface area contributed by atoms with Crippen LogP contribution in [0, 0.1) is 5.82 Å². The van der Waals surface area contributed by atoms with Crippen molar-refractivity contribution in [3.05, 3.63) is 28.5 Å². The highest BCUT2D eigenvalue weighted by molar-refractivity contribution is 6.30. The van der Waals surface area contributed by atoms with Crippen LogP contribution in [0.5, 0.6) is 5.75 Å². The van der Waals surface area contributed by atoms with Gasteiger partial charge >= 0.3 is 0 Å². The number of ether oxygens (including phenoxy) is 1. The highest BCUT2D eigenvalue weighted by atomic mass is 35.5. The summed E-state index contributed by atoms with van der Waals surface area (Å²) >= 11 is 5.77. The van der Waals surface area contributed by atoms with Gasteiger partial charge in [-0.3, -0.25) is 0 Å². The predicted octanol–water partition coefficient (Wildman–Crippen LogP) is 3.69. The Morgan fingerprint density at radius 3 is 2.82 bits per heavy atom. The Morgan fingerprint density at radius 2 is 2.18 bits per heavy atom. The van der Waals surface area contributed by atoms with E-state index in [9.17, 15) is 4.39 Å². The maximum atomic E-state index is 13.8. The molecule has 1 aromatic carbocycles. The van der Waals surface area contributed by atoms with Crippen LogP contribution < -0.4 is 10.1 Å². The van der Waals surface area contributed by atoms with Gasteiger partial charge in [0.2, 0.25) is 0 Å². The Kier molecular flexibility index (Phi) is 3.89. The van der Waals surface area contributed by atoms with Gasteiger partial charge in [0.15, 0.2) is 11.6 Å². The van der Waals surface area contributed by atoms with Crippen LogP contribution in [0.3, 0.4) is 0 Å². The fraction of sp³-hybridized carbons (Fsp3) is 0.538. The van der Waals surface area contributed by atoms with Crippen LogP contribution >= 0.6 is 11.6 Å². The molecule has 1 aromatic rings. The zero-order valence-corrected chi connectivity index (χ0v) is 10.9. The minimum Gasteiger partial charge on any atom is -0.485 e. The second-order valence-electron chi connectivity index (χ2n) is 4.26. The van der Waals surface area contributed by atoms with E-state index < -0.39 is 5.82 Å². The van der Waals surface area contributed by atoms with Crippen LogP contribution in [0.15, 0.2) is 12.1 Å². The fourth-order valence-electron chi connectivity index (χ4n) is 2.30. The van der Waals surface area contributed by atoms with E-state index in [2.05, 4.69) is 12.2 Å². The van der Waals surface area contributed by atoms with Crippen LogP contribution in [-0.4, -0.2) is 12.6 Å². The van der Waals surface area contributed by atoms with Gasteiger partial charge in [-0.05, 0) is 19.0 Å². The molecule has 2 atom stereocenters. The third-order valence-corrected chi connectivity index (χ3v) is 3.35. The van der Waals surface area contributed by atoms with Crippen molar-refractivity contribution in [1.29, 1.82) is 0 Å². The fourth-order valence-corrected chi connectivity index (χ4v) is 2.45. The molecule has 0 aromatic heterocycles. The Morgan fingerprint density at radius 1 is 1.41 bits per heavy atom. The second kappa shape index (κ2) is 5.23. The van der Waals surface area contributed by atoms with E-state index in [-0.39, 0.29) is 17.2 Å². The molecule has 2 unspecified atom stereocenters. The molecule has 94 valence electrons. The first-order valence-electron chi connectivity index (χ1n) is 6.07. The van der Waals surface area contributed by atoms with Crippen LogP contribution in [0.25, 0.3) is 0 Å². The molecule has 0 saturated heterocycles. The van der Waals surface area contributed by atoms with E-state index in [1.54, 1.807) is 6.07 Å². The number of benzene rings is 1. The van der Waals surface area contributed by atoms with Crippen LogP contribution in [0.4, 0.5) is 4.39 Å². The van der Waals surface area contributed by atoms with Crippen molar-refractivity contribution in [2.45, 2.75) is 38.8 Å². The van der Waals surface area contributed by atoms with Gasteiger partial charge in [0.25, 0.3) is 0 Å². The topological polar surface area (TPSA) is 21.3 Å². The lowest BCUT2D eigenvalue weighted by molar-refractivity contribution is 0.174. The van der Waals surface area contributed by atoms with Crippen LogP contribution in [-0.2, 0) is 0 Å². The Hall–Kier alpha value is -0.800. The minimum atomic E-state index is -0.439. The molecule has 1 aliphatic heterocycles. The SMILES string of the molecule is CCCC1Oc2c(ccc(Cl)c2F)C1NCC. The quantitative estimate of drug-likeness (QED) is 0.888. The number of hydrogen-bond donors (Lipinski definition) is 1. The summed E-state index contributed by atoms with van der Waals surface area (Å²) in [6.07, 6.45) is 1.92. The van der Waals surface area contributed by atoms with E-state index in [0.29, 0.717) is 5.75 Å². The zero-order valence-electron chi connectivity index (χ0n) is 10.1. The molecule has 0 bridgehead atoms. The van der Waals surface area contributed by atoms with Crippen molar-refractivity contribution in [2.75, 3.05) is 6.54 Å². The summed E-state index contributed by atoms with van der Waals surface area (Å²) < 4.78 is 19.5. The van der Waals surface area contributed by atoms with Crippen LogP contribution in [0.2, 0.25) is 5.02 Å². The van der Waals surface area contributed by atoms with Gasteiger partial charge in [0.1, 0.15) is 6.10 Å². The smallest absolute Gasteiger partial charge is 0.183 e. The normalized spacial score (nSPS) is 22.4. The number of rotatable bonds is 4. The molecule has 1 N–H and O–H groups in total. The molecular weight excluding hydrogens is 241 g/mol. The van der Waals surface area contributed by atoms with Crippen molar-refractivity contribution in [3.63, 3.8) is 0 Å². The maximum absolute atomic E-state index is 13.8. The molecule has 1 aliphatic rings. The first kappa shape index (κ1) is 12.7. The summed E-state index contributed by atoms with van der Waals surface area (Å²) in [4.78, 5) is 0. The molecule has 0 fully saturated rings. The van der Waals surface area contributed by atoms with Gasteiger partial charge < -0.3 is 10.1 Å². The van der Waals surface area contributed by atoms with Gasteiger partial charge in [-0.2, -0.15) is 0 Å². The molecule has 0 saturated carbocycles.